The van der Waals surface area contributed by atoms with Crippen molar-refractivity contribution in [1.29, 1.82) is 0 Å². The lowest BCUT2D eigenvalue weighted by Gasteiger charge is -2.51. The van der Waals surface area contributed by atoms with Crippen molar-refractivity contribution < 1.29 is 9.59 Å². The number of carbonyl (C=O) groups excluding carboxylic acids is 2. The molecule has 4 rings (SSSR count). The predicted molar refractivity (Wildman–Crippen MR) is 104 cm³/mol. The van der Waals surface area contributed by atoms with Crippen molar-refractivity contribution in [3.8, 4) is 0 Å². The van der Waals surface area contributed by atoms with Gasteiger partial charge in [0.05, 0.1) is 0 Å². The van der Waals surface area contributed by atoms with Crippen LogP contribution in [0.5, 0.6) is 0 Å². The van der Waals surface area contributed by atoms with E-state index in [1.165, 1.54) is 25.9 Å². The zero-order valence-electron chi connectivity index (χ0n) is 16.7. The molecule has 0 spiro atoms. The van der Waals surface area contributed by atoms with Gasteiger partial charge in [0.1, 0.15) is 6.04 Å². The van der Waals surface area contributed by atoms with Crippen LogP contribution in [0.25, 0.3) is 0 Å². The Bertz CT molecular complexity index is 550. The van der Waals surface area contributed by atoms with E-state index in [2.05, 4.69) is 27.6 Å². The Morgan fingerprint density at radius 1 is 1.19 bits per heavy atom. The van der Waals surface area contributed by atoms with Crippen LogP contribution in [0.2, 0.25) is 0 Å². The lowest BCUT2D eigenvalue weighted by Crippen LogP contribution is -2.68. The second-order valence-electron chi connectivity index (χ2n) is 8.58. The van der Waals surface area contributed by atoms with Crippen molar-refractivity contribution in [2.45, 2.75) is 70.0 Å². The number of likely N-dealkylation sites (N-methyl/N-ethyl adjacent to an activating group) is 1. The van der Waals surface area contributed by atoms with Gasteiger partial charge in [0, 0.05) is 37.6 Å². The molecule has 4 fully saturated rings. The van der Waals surface area contributed by atoms with E-state index in [0.29, 0.717) is 6.04 Å². The topological polar surface area (TPSA) is 67.9 Å². The van der Waals surface area contributed by atoms with Crippen LogP contribution in [0.3, 0.4) is 0 Å². The van der Waals surface area contributed by atoms with Crippen molar-refractivity contribution in [3.05, 3.63) is 0 Å². The van der Waals surface area contributed by atoms with Crippen molar-refractivity contribution in [3.63, 3.8) is 0 Å². The predicted octanol–water partition coefficient (Wildman–Crippen LogP) is 0.567. The molecule has 27 heavy (non-hydrogen) atoms. The van der Waals surface area contributed by atoms with E-state index >= 15 is 0 Å². The fourth-order valence-electron chi connectivity index (χ4n) is 5.61. The van der Waals surface area contributed by atoms with Crippen LogP contribution in [0.4, 0.5) is 0 Å². The second-order valence-corrected chi connectivity index (χ2v) is 8.58. The minimum absolute atomic E-state index is 0.00200. The van der Waals surface area contributed by atoms with Crippen molar-refractivity contribution in [2.75, 3.05) is 39.3 Å². The molecule has 4 aliphatic rings. The number of likely N-dealkylation sites (tertiary alicyclic amines) is 1. The molecule has 7 heteroatoms. The Morgan fingerprint density at radius 3 is 2.78 bits per heavy atom. The molecule has 3 heterocycles. The zero-order valence-corrected chi connectivity index (χ0v) is 16.7. The molecule has 7 nitrogen and oxygen atoms in total. The van der Waals surface area contributed by atoms with Gasteiger partial charge in [0.15, 0.2) is 0 Å². The Morgan fingerprint density at radius 2 is 2.00 bits per heavy atom. The van der Waals surface area contributed by atoms with E-state index in [-0.39, 0.29) is 29.8 Å². The summed E-state index contributed by atoms with van der Waals surface area (Å²) in [7, 11) is 0. The zero-order chi connectivity index (χ0) is 18.8. The maximum absolute atomic E-state index is 12.8. The molecule has 152 valence electrons. The van der Waals surface area contributed by atoms with Gasteiger partial charge in [-0.15, -0.1) is 0 Å². The number of hydrogen-bond donors (Lipinski definition) is 2. The van der Waals surface area contributed by atoms with Crippen LogP contribution in [-0.4, -0.2) is 84.0 Å². The van der Waals surface area contributed by atoms with Gasteiger partial charge in [0.2, 0.25) is 11.8 Å². The molecule has 0 aromatic carbocycles. The van der Waals surface area contributed by atoms with Gasteiger partial charge in [-0.2, -0.15) is 0 Å². The van der Waals surface area contributed by atoms with Crippen LogP contribution in [-0.2, 0) is 9.59 Å². The highest BCUT2D eigenvalue weighted by molar-refractivity contribution is 5.84. The third kappa shape index (κ3) is 3.87. The monoisotopic (exact) mass is 377 g/mol. The maximum Gasteiger partial charge on any atom is 0.241 e. The third-order valence-corrected chi connectivity index (χ3v) is 7.02. The first-order valence-electron chi connectivity index (χ1n) is 11.0. The van der Waals surface area contributed by atoms with Crippen molar-refractivity contribution >= 4 is 11.8 Å². The van der Waals surface area contributed by atoms with Crippen molar-refractivity contribution in [1.82, 2.24) is 25.6 Å². The molecule has 1 aliphatic carbocycles. The number of piperazine rings is 1. The molecule has 0 bridgehead atoms. The summed E-state index contributed by atoms with van der Waals surface area (Å²) in [4.78, 5) is 30.1. The van der Waals surface area contributed by atoms with Crippen LogP contribution in [0, 0.1) is 5.92 Å². The fourth-order valence-corrected chi connectivity index (χ4v) is 5.61. The SMILES string of the molecule is CCN1C(=O)C2CCNN2C2CCC(C(=O)NCCCN3CCCC3)CC21. The smallest absolute Gasteiger partial charge is 0.241 e. The summed E-state index contributed by atoms with van der Waals surface area (Å²) in [5, 5.41) is 5.38. The van der Waals surface area contributed by atoms with Crippen LogP contribution in [0.1, 0.15) is 51.9 Å². The van der Waals surface area contributed by atoms with E-state index in [1.54, 1.807) is 0 Å². The molecule has 2 N–H and O–H groups in total. The number of rotatable bonds is 6. The van der Waals surface area contributed by atoms with E-state index in [4.69, 9.17) is 0 Å². The summed E-state index contributed by atoms with van der Waals surface area (Å²) in [5.41, 5.74) is 3.43. The molecule has 4 unspecified atom stereocenters. The first-order valence-corrected chi connectivity index (χ1v) is 11.0. The third-order valence-electron chi connectivity index (χ3n) is 7.02. The molecule has 1 saturated carbocycles. The first-order chi connectivity index (χ1) is 13.2. The van der Waals surface area contributed by atoms with Gasteiger partial charge in [-0.3, -0.25) is 15.0 Å². The summed E-state index contributed by atoms with van der Waals surface area (Å²) in [6.45, 7) is 7.99. The van der Waals surface area contributed by atoms with Gasteiger partial charge in [-0.05, 0) is 71.5 Å². The van der Waals surface area contributed by atoms with Gasteiger partial charge in [0.25, 0.3) is 0 Å². The highest BCUT2D eigenvalue weighted by Crippen LogP contribution is 2.37. The molecular weight excluding hydrogens is 342 g/mol. The molecular formula is C20H35N5O2. The van der Waals surface area contributed by atoms with E-state index < -0.39 is 0 Å². The highest BCUT2D eigenvalue weighted by Gasteiger charge is 2.50. The van der Waals surface area contributed by atoms with Gasteiger partial charge < -0.3 is 15.1 Å². The highest BCUT2D eigenvalue weighted by atomic mass is 16.2. The lowest BCUT2D eigenvalue weighted by atomic mass is 9.78. The Kier molecular flexibility index (Phi) is 5.99. The number of hydrazine groups is 1. The summed E-state index contributed by atoms with van der Waals surface area (Å²) in [6.07, 6.45) is 7.28. The number of hydrogen-bond acceptors (Lipinski definition) is 5. The maximum atomic E-state index is 12.8. The van der Waals surface area contributed by atoms with Gasteiger partial charge in [-0.25, -0.2) is 5.01 Å². The Balaban J connectivity index is 1.29. The summed E-state index contributed by atoms with van der Waals surface area (Å²) >= 11 is 0. The van der Waals surface area contributed by atoms with Gasteiger partial charge in [-0.1, -0.05) is 0 Å². The fraction of sp³-hybridized carbons (Fsp3) is 0.900. The molecule has 0 radical (unpaired) electrons. The lowest BCUT2D eigenvalue weighted by molar-refractivity contribution is -0.155. The number of nitrogens with zero attached hydrogens (tertiary/aromatic N) is 3. The van der Waals surface area contributed by atoms with Crippen molar-refractivity contribution in [2.24, 2.45) is 5.92 Å². The molecule has 0 aromatic rings. The summed E-state index contributed by atoms with van der Waals surface area (Å²) in [5.74, 6) is 0.476. The number of carbonyl (C=O) groups is 2. The van der Waals surface area contributed by atoms with Crippen LogP contribution >= 0.6 is 0 Å². The minimum Gasteiger partial charge on any atom is -0.356 e. The quantitative estimate of drug-likeness (QED) is 0.663. The largest absolute Gasteiger partial charge is 0.356 e. The average Bonchev–Trinajstić information content (AvgIpc) is 3.37. The standard InChI is InChI=1S/C20H35N5O2/c1-2-24-18-14-15(19(26)21-9-5-13-23-11-3-4-12-23)6-7-16(18)25-17(20(24)27)8-10-22-25/h15-18,22H,2-14H2,1H3,(H,21,26). The van der Waals surface area contributed by atoms with Crippen LogP contribution in [0.15, 0.2) is 0 Å². The summed E-state index contributed by atoms with van der Waals surface area (Å²) < 4.78 is 0. The van der Waals surface area contributed by atoms with E-state index in [0.717, 1.165) is 58.3 Å². The normalized spacial score (nSPS) is 34.6. The number of amides is 2. The van der Waals surface area contributed by atoms with Crippen LogP contribution < -0.4 is 10.7 Å². The number of fused-ring (bicyclic) bond motifs is 3. The summed E-state index contributed by atoms with van der Waals surface area (Å²) in [6, 6.07) is 0.523. The Labute approximate surface area is 162 Å². The molecule has 3 saturated heterocycles. The molecule has 4 atom stereocenters. The molecule has 2 amide bonds. The first kappa shape index (κ1) is 19.2. The van der Waals surface area contributed by atoms with Gasteiger partial charge >= 0.3 is 0 Å². The van der Waals surface area contributed by atoms with E-state index in [1.807, 2.05) is 4.90 Å². The van der Waals surface area contributed by atoms with E-state index in [9.17, 15) is 9.59 Å². The Hall–Kier alpha value is -1.18. The molecule has 3 aliphatic heterocycles. The molecule has 0 aromatic heterocycles. The average molecular weight is 378 g/mol. The number of nitrogens with one attached hydrogen (secondary N) is 2. The minimum atomic E-state index is 0.00200. The second kappa shape index (κ2) is 8.45.